The molecule has 1 aliphatic carbocycles. The Kier molecular flexibility index (Phi) is 5.64. The monoisotopic (exact) mass is 286 g/mol. The first-order valence-electron chi connectivity index (χ1n) is 7.95. The summed E-state index contributed by atoms with van der Waals surface area (Å²) in [5.41, 5.74) is 1.84. The molecule has 0 N–H and O–H groups in total. The molecule has 0 bridgehead atoms. The maximum Gasteiger partial charge on any atom is 0.136 e. The van der Waals surface area contributed by atoms with Crippen molar-refractivity contribution in [1.82, 2.24) is 4.90 Å². The quantitative estimate of drug-likeness (QED) is 0.794. The highest BCUT2D eigenvalue weighted by atomic mass is 16.5. The minimum absolute atomic E-state index is 0.630. The fourth-order valence-electron chi connectivity index (χ4n) is 3.26. The molecule has 0 atom stereocenters. The normalized spacial score (nSPS) is 15.6. The molecule has 1 aromatic rings. The van der Waals surface area contributed by atoms with E-state index in [1.54, 1.807) is 7.11 Å². The van der Waals surface area contributed by atoms with E-state index in [1.807, 2.05) is 12.1 Å². The van der Waals surface area contributed by atoms with Crippen molar-refractivity contribution in [3.63, 3.8) is 0 Å². The van der Waals surface area contributed by atoms with Crippen molar-refractivity contribution in [2.45, 2.75) is 52.1 Å². The van der Waals surface area contributed by atoms with Crippen LogP contribution < -0.4 is 4.74 Å². The van der Waals surface area contributed by atoms with Crippen LogP contribution in [0.5, 0.6) is 5.75 Å². The van der Waals surface area contributed by atoms with E-state index in [0.717, 1.165) is 13.1 Å². The van der Waals surface area contributed by atoms with Gasteiger partial charge in [0.15, 0.2) is 0 Å². The van der Waals surface area contributed by atoms with Crippen molar-refractivity contribution in [2.75, 3.05) is 13.7 Å². The molecule has 0 aromatic heterocycles. The Hall–Kier alpha value is -1.53. The summed E-state index contributed by atoms with van der Waals surface area (Å²) < 4.78 is 5.22. The highest BCUT2D eigenvalue weighted by Crippen LogP contribution is 2.27. The molecule has 0 saturated heterocycles. The average molecular weight is 286 g/mol. The van der Waals surface area contributed by atoms with E-state index in [9.17, 15) is 5.26 Å². The van der Waals surface area contributed by atoms with Gasteiger partial charge in [-0.3, -0.25) is 4.90 Å². The van der Waals surface area contributed by atoms with Crippen molar-refractivity contribution < 1.29 is 4.74 Å². The Morgan fingerprint density at radius 3 is 2.62 bits per heavy atom. The van der Waals surface area contributed by atoms with Crippen molar-refractivity contribution >= 4 is 0 Å². The lowest BCUT2D eigenvalue weighted by Crippen LogP contribution is -2.35. The Labute approximate surface area is 128 Å². The van der Waals surface area contributed by atoms with Gasteiger partial charge in [0.05, 0.1) is 12.7 Å². The van der Waals surface area contributed by atoms with Gasteiger partial charge in [0, 0.05) is 19.1 Å². The summed E-state index contributed by atoms with van der Waals surface area (Å²) in [7, 11) is 1.61. The van der Waals surface area contributed by atoms with E-state index in [1.165, 1.54) is 31.2 Å². The lowest BCUT2D eigenvalue weighted by molar-refractivity contribution is 0.168. The van der Waals surface area contributed by atoms with Crippen molar-refractivity contribution in [3.8, 4) is 11.8 Å². The van der Waals surface area contributed by atoms with Gasteiger partial charge in [-0.1, -0.05) is 32.8 Å². The second-order valence-electron chi connectivity index (χ2n) is 6.41. The fraction of sp³-hybridized carbons (Fsp3) is 0.611. The van der Waals surface area contributed by atoms with Gasteiger partial charge in [-0.25, -0.2) is 0 Å². The number of hydrogen-bond donors (Lipinski definition) is 0. The Morgan fingerprint density at radius 1 is 1.33 bits per heavy atom. The van der Waals surface area contributed by atoms with Crippen LogP contribution in [-0.2, 0) is 6.54 Å². The molecule has 21 heavy (non-hydrogen) atoms. The molecule has 1 fully saturated rings. The lowest BCUT2D eigenvalue weighted by atomic mass is 10.1. The maximum atomic E-state index is 9.22. The summed E-state index contributed by atoms with van der Waals surface area (Å²) in [5, 5.41) is 9.22. The van der Waals surface area contributed by atoms with Crippen LogP contribution in [0.25, 0.3) is 0 Å². The van der Waals surface area contributed by atoms with Crippen LogP contribution in [0, 0.1) is 17.2 Å². The van der Waals surface area contributed by atoms with Gasteiger partial charge in [-0.15, -0.1) is 0 Å². The molecule has 1 saturated carbocycles. The summed E-state index contributed by atoms with van der Waals surface area (Å²) in [5.74, 6) is 1.33. The third kappa shape index (κ3) is 4.22. The summed E-state index contributed by atoms with van der Waals surface area (Å²) in [6.07, 6.45) is 5.33. The number of nitriles is 1. The molecule has 0 spiro atoms. The molecule has 0 heterocycles. The molecule has 0 aliphatic heterocycles. The molecular formula is C18H26N2O. The van der Waals surface area contributed by atoms with Crippen LogP contribution in [0.3, 0.4) is 0 Å². The molecule has 0 amide bonds. The molecule has 1 aromatic carbocycles. The lowest BCUT2D eigenvalue weighted by Gasteiger charge is -2.30. The average Bonchev–Trinajstić information content (AvgIpc) is 3.00. The fourth-order valence-corrected chi connectivity index (χ4v) is 3.26. The van der Waals surface area contributed by atoms with Gasteiger partial charge >= 0.3 is 0 Å². The summed E-state index contributed by atoms with van der Waals surface area (Å²) in [6, 6.07) is 8.91. The van der Waals surface area contributed by atoms with Gasteiger partial charge < -0.3 is 4.74 Å². The third-order valence-corrected chi connectivity index (χ3v) is 4.21. The van der Waals surface area contributed by atoms with Crippen molar-refractivity contribution in [1.29, 1.82) is 5.26 Å². The summed E-state index contributed by atoms with van der Waals surface area (Å²) in [4.78, 5) is 2.60. The number of nitrogens with zero attached hydrogens (tertiary/aromatic N) is 2. The topological polar surface area (TPSA) is 36.3 Å². The van der Waals surface area contributed by atoms with Crippen LogP contribution in [0.4, 0.5) is 0 Å². The predicted molar refractivity (Wildman–Crippen MR) is 85.2 cm³/mol. The Balaban J connectivity index is 2.14. The van der Waals surface area contributed by atoms with E-state index < -0.39 is 0 Å². The molecule has 0 radical (unpaired) electrons. The molecule has 3 nitrogen and oxygen atoms in total. The molecular weight excluding hydrogens is 260 g/mol. The highest BCUT2D eigenvalue weighted by molar-refractivity contribution is 5.45. The van der Waals surface area contributed by atoms with Crippen molar-refractivity contribution in [2.24, 2.45) is 5.92 Å². The molecule has 1 aliphatic rings. The van der Waals surface area contributed by atoms with Crippen LogP contribution in [0.15, 0.2) is 18.2 Å². The maximum absolute atomic E-state index is 9.22. The molecule has 0 unspecified atom stereocenters. The van der Waals surface area contributed by atoms with Gasteiger partial charge in [-0.2, -0.15) is 5.26 Å². The Bertz CT molecular complexity index is 498. The second kappa shape index (κ2) is 7.47. The zero-order valence-corrected chi connectivity index (χ0v) is 13.4. The largest absolute Gasteiger partial charge is 0.495 e. The SMILES string of the molecule is COc1ccc(CN(CC(C)C)C2CCCC2)cc1C#N. The van der Waals surface area contributed by atoms with Gasteiger partial charge in [0.2, 0.25) is 0 Å². The first-order chi connectivity index (χ1) is 10.1. The zero-order chi connectivity index (χ0) is 15.2. The van der Waals surface area contributed by atoms with Crippen LogP contribution in [0.2, 0.25) is 0 Å². The van der Waals surface area contributed by atoms with Crippen LogP contribution >= 0.6 is 0 Å². The third-order valence-electron chi connectivity index (χ3n) is 4.21. The van der Waals surface area contributed by atoms with Gasteiger partial charge in [0.25, 0.3) is 0 Å². The van der Waals surface area contributed by atoms with E-state index in [-0.39, 0.29) is 0 Å². The van der Waals surface area contributed by atoms with Crippen LogP contribution in [-0.4, -0.2) is 24.6 Å². The second-order valence-corrected chi connectivity index (χ2v) is 6.41. The van der Waals surface area contributed by atoms with E-state index in [0.29, 0.717) is 23.3 Å². The summed E-state index contributed by atoms with van der Waals surface area (Å²) >= 11 is 0. The molecule has 3 heteroatoms. The minimum Gasteiger partial charge on any atom is -0.495 e. The van der Waals surface area contributed by atoms with E-state index >= 15 is 0 Å². The number of rotatable bonds is 6. The first kappa shape index (κ1) is 15.9. The Morgan fingerprint density at radius 2 is 2.05 bits per heavy atom. The summed E-state index contributed by atoms with van der Waals surface area (Å²) in [6.45, 7) is 6.60. The van der Waals surface area contributed by atoms with E-state index in [4.69, 9.17) is 4.74 Å². The van der Waals surface area contributed by atoms with Gasteiger partial charge in [0.1, 0.15) is 11.8 Å². The number of methoxy groups -OCH3 is 1. The molecule has 2 rings (SSSR count). The minimum atomic E-state index is 0.630. The zero-order valence-electron chi connectivity index (χ0n) is 13.4. The van der Waals surface area contributed by atoms with E-state index in [2.05, 4.69) is 30.9 Å². The standard InChI is InChI=1S/C18H26N2O/c1-14(2)12-20(17-6-4-5-7-17)13-15-8-9-18(21-3)16(10-15)11-19/h8-10,14,17H,4-7,12-13H2,1-3H3. The van der Waals surface area contributed by atoms with Crippen LogP contribution in [0.1, 0.15) is 50.7 Å². The highest BCUT2D eigenvalue weighted by Gasteiger charge is 2.23. The first-order valence-corrected chi connectivity index (χ1v) is 7.95. The predicted octanol–water partition coefficient (Wildman–Crippen LogP) is 3.97. The number of hydrogen-bond acceptors (Lipinski definition) is 3. The molecule has 114 valence electrons. The number of ether oxygens (including phenoxy) is 1. The van der Waals surface area contributed by atoms with Crippen molar-refractivity contribution in [3.05, 3.63) is 29.3 Å². The smallest absolute Gasteiger partial charge is 0.136 e. The number of benzene rings is 1. The van der Waals surface area contributed by atoms with Gasteiger partial charge in [-0.05, 0) is 36.5 Å².